The third kappa shape index (κ3) is 4.36. The molecule has 1 aromatic heterocycles. The first-order valence-corrected chi connectivity index (χ1v) is 7.19. The Kier molecular flexibility index (Phi) is 5.15. The summed E-state index contributed by atoms with van der Waals surface area (Å²) in [6, 6.07) is 1.84. The molecule has 1 aliphatic heterocycles. The fourth-order valence-corrected chi connectivity index (χ4v) is 2.43. The summed E-state index contributed by atoms with van der Waals surface area (Å²) >= 11 is 0. The van der Waals surface area contributed by atoms with Crippen molar-refractivity contribution in [3.05, 3.63) is 18.5 Å². The Morgan fingerprint density at radius 2 is 2.30 bits per heavy atom. The quantitative estimate of drug-likeness (QED) is 0.866. The first-order valence-electron chi connectivity index (χ1n) is 7.19. The van der Waals surface area contributed by atoms with Crippen LogP contribution in [0.25, 0.3) is 0 Å². The van der Waals surface area contributed by atoms with Crippen LogP contribution < -0.4 is 5.32 Å². The molecule has 0 bridgehead atoms. The molecule has 1 fully saturated rings. The predicted molar refractivity (Wildman–Crippen MR) is 74.9 cm³/mol. The van der Waals surface area contributed by atoms with Gasteiger partial charge in [0.05, 0.1) is 13.1 Å². The molecule has 1 saturated heterocycles. The standard InChI is InChI=1S/C14H22N4O2/c1-12(10-18-9-5-7-15-18)16-13(19)11-17-8-4-2-3-6-14(17)20/h5,7,9,12H,2-4,6,8,10-11H2,1H3,(H,16,19). The van der Waals surface area contributed by atoms with Crippen molar-refractivity contribution < 1.29 is 9.59 Å². The van der Waals surface area contributed by atoms with Crippen LogP contribution in [0.5, 0.6) is 0 Å². The van der Waals surface area contributed by atoms with E-state index in [9.17, 15) is 9.59 Å². The zero-order chi connectivity index (χ0) is 14.4. The smallest absolute Gasteiger partial charge is 0.239 e. The summed E-state index contributed by atoms with van der Waals surface area (Å²) in [6.45, 7) is 3.43. The number of amides is 2. The topological polar surface area (TPSA) is 67.2 Å². The second kappa shape index (κ2) is 7.07. The highest BCUT2D eigenvalue weighted by molar-refractivity contribution is 5.85. The summed E-state index contributed by atoms with van der Waals surface area (Å²) in [6.07, 6.45) is 7.13. The molecule has 1 unspecified atom stereocenters. The van der Waals surface area contributed by atoms with Gasteiger partial charge in [-0.1, -0.05) is 6.42 Å². The van der Waals surface area contributed by atoms with Crippen molar-refractivity contribution in [2.24, 2.45) is 0 Å². The fraction of sp³-hybridized carbons (Fsp3) is 0.643. The van der Waals surface area contributed by atoms with E-state index in [0.717, 1.165) is 19.3 Å². The van der Waals surface area contributed by atoms with Gasteiger partial charge in [0.25, 0.3) is 0 Å². The van der Waals surface area contributed by atoms with Gasteiger partial charge in [-0.2, -0.15) is 5.10 Å². The average Bonchev–Trinajstić information content (AvgIpc) is 2.81. The molecule has 6 nitrogen and oxygen atoms in total. The SMILES string of the molecule is CC(Cn1cccn1)NC(=O)CN1CCCCCC1=O. The van der Waals surface area contributed by atoms with Crippen LogP contribution in [0, 0.1) is 0 Å². The number of aromatic nitrogens is 2. The van der Waals surface area contributed by atoms with E-state index in [0.29, 0.717) is 19.5 Å². The minimum atomic E-state index is -0.0973. The molecular formula is C14H22N4O2. The van der Waals surface area contributed by atoms with Crippen LogP contribution in [0.4, 0.5) is 0 Å². The van der Waals surface area contributed by atoms with E-state index in [1.807, 2.05) is 19.2 Å². The number of carbonyl (C=O) groups is 2. The van der Waals surface area contributed by atoms with Crippen molar-refractivity contribution in [2.45, 2.75) is 45.2 Å². The summed E-state index contributed by atoms with van der Waals surface area (Å²) < 4.78 is 1.78. The maximum absolute atomic E-state index is 12.0. The van der Waals surface area contributed by atoms with Gasteiger partial charge in [0.1, 0.15) is 0 Å². The van der Waals surface area contributed by atoms with E-state index in [4.69, 9.17) is 0 Å². The zero-order valence-corrected chi connectivity index (χ0v) is 11.9. The normalized spacial score (nSPS) is 17.6. The van der Waals surface area contributed by atoms with E-state index in [-0.39, 0.29) is 24.4 Å². The maximum Gasteiger partial charge on any atom is 0.239 e. The molecule has 2 rings (SSSR count). The summed E-state index contributed by atoms with van der Waals surface area (Å²) in [5, 5.41) is 7.02. The third-order valence-corrected chi connectivity index (χ3v) is 3.43. The first-order chi connectivity index (χ1) is 9.65. The highest BCUT2D eigenvalue weighted by Gasteiger charge is 2.19. The number of nitrogens with zero attached hydrogens (tertiary/aromatic N) is 3. The van der Waals surface area contributed by atoms with Crippen molar-refractivity contribution in [2.75, 3.05) is 13.1 Å². The number of likely N-dealkylation sites (tertiary alicyclic amines) is 1. The Labute approximate surface area is 119 Å². The minimum Gasteiger partial charge on any atom is -0.350 e. The molecule has 20 heavy (non-hydrogen) atoms. The fourth-order valence-electron chi connectivity index (χ4n) is 2.43. The van der Waals surface area contributed by atoms with Crippen LogP contribution >= 0.6 is 0 Å². The predicted octanol–water partition coefficient (Wildman–Crippen LogP) is 0.790. The Morgan fingerprint density at radius 3 is 3.05 bits per heavy atom. The molecule has 0 saturated carbocycles. The lowest BCUT2D eigenvalue weighted by Gasteiger charge is -2.21. The molecule has 6 heteroatoms. The van der Waals surface area contributed by atoms with Gasteiger partial charge in [0.15, 0.2) is 0 Å². The van der Waals surface area contributed by atoms with Gasteiger partial charge >= 0.3 is 0 Å². The molecule has 2 heterocycles. The van der Waals surface area contributed by atoms with Gasteiger partial charge in [-0.05, 0) is 25.8 Å². The Balaban J connectivity index is 1.77. The molecule has 0 aromatic carbocycles. The number of carbonyl (C=O) groups excluding carboxylic acids is 2. The summed E-state index contributed by atoms with van der Waals surface area (Å²) in [4.78, 5) is 25.5. The van der Waals surface area contributed by atoms with Crippen LogP contribution in [0.1, 0.15) is 32.6 Å². The van der Waals surface area contributed by atoms with Crippen molar-refractivity contribution in [3.63, 3.8) is 0 Å². The molecule has 0 aliphatic carbocycles. The summed E-state index contributed by atoms with van der Waals surface area (Å²) in [5.41, 5.74) is 0. The van der Waals surface area contributed by atoms with Crippen LogP contribution in [0.3, 0.4) is 0 Å². The van der Waals surface area contributed by atoms with Gasteiger partial charge in [-0.3, -0.25) is 14.3 Å². The van der Waals surface area contributed by atoms with E-state index < -0.39 is 0 Å². The second-order valence-corrected chi connectivity index (χ2v) is 5.32. The first kappa shape index (κ1) is 14.6. The number of rotatable bonds is 5. The lowest BCUT2D eigenvalue weighted by atomic mass is 10.2. The number of nitrogens with one attached hydrogen (secondary N) is 1. The number of hydrogen-bond donors (Lipinski definition) is 1. The highest BCUT2D eigenvalue weighted by Crippen LogP contribution is 2.10. The average molecular weight is 278 g/mol. The van der Waals surface area contributed by atoms with Gasteiger partial charge in [0, 0.05) is 31.4 Å². The van der Waals surface area contributed by atoms with Crippen molar-refractivity contribution >= 4 is 11.8 Å². The maximum atomic E-state index is 12.0. The lowest BCUT2D eigenvalue weighted by molar-refractivity contribution is -0.135. The van der Waals surface area contributed by atoms with E-state index in [2.05, 4.69) is 10.4 Å². The van der Waals surface area contributed by atoms with Crippen LogP contribution in [-0.2, 0) is 16.1 Å². The van der Waals surface area contributed by atoms with Crippen LogP contribution in [0.2, 0.25) is 0 Å². The minimum absolute atomic E-state index is 0.00974. The van der Waals surface area contributed by atoms with Gasteiger partial charge < -0.3 is 10.2 Å². The van der Waals surface area contributed by atoms with Gasteiger partial charge in [0.2, 0.25) is 11.8 Å². The Hall–Kier alpha value is -1.85. The van der Waals surface area contributed by atoms with Crippen LogP contribution in [-0.4, -0.2) is 45.6 Å². The third-order valence-electron chi connectivity index (χ3n) is 3.43. The van der Waals surface area contributed by atoms with E-state index >= 15 is 0 Å². The molecule has 1 aliphatic rings. The lowest BCUT2D eigenvalue weighted by Crippen LogP contribution is -2.44. The van der Waals surface area contributed by atoms with Gasteiger partial charge in [-0.15, -0.1) is 0 Å². The summed E-state index contributed by atoms with van der Waals surface area (Å²) in [5.74, 6) is -0.00251. The van der Waals surface area contributed by atoms with Crippen molar-refractivity contribution in [3.8, 4) is 0 Å². The molecule has 0 spiro atoms. The summed E-state index contributed by atoms with van der Waals surface area (Å²) in [7, 11) is 0. The molecule has 110 valence electrons. The number of hydrogen-bond acceptors (Lipinski definition) is 3. The Bertz CT molecular complexity index is 444. The van der Waals surface area contributed by atoms with E-state index in [1.54, 1.807) is 15.8 Å². The molecule has 1 N–H and O–H groups in total. The molecular weight excluding hydrogens is 256 g/mol. The highest BCUT2D eigenvalue weighted by atomic mass is 16.2. The van der Waals surface area contributed by atoms with Gasteiger partial charge in [-0.25, -0.2) is 0 Å². The van der Waals surface area contributed by atoms with E-state index in [1.165, 1.54) is 0 Å². The zero-order valence-electron chi connectivity index (χ0n) is 11.9. The largest absolute Gasteiger partial charge is 0.350 e. The molecule has 1 aromatic rings. The van der Waals surface area contributed by atoms with Crippen LogP contribution in [0.15, 0.2) is 18.5 Å². The second-order valence-electron chi connectivity index (χ2n) is 5.32. The molecule has 1 atom stereocenters. The Morgan fingerprint density at radius 1 is 1.45 bits per heavy atom. The van der Waals surface area contributed by atoms with Crippen molar-refractivity contribution in [1.82, 2.24) is 20.0 Å². The monoisotopic (exact) mass is 278 g/mol. The van der Waals surface area contributed by atoms with Crippen molar-refractivity contribution in [1.29, 1.82) is 0 Å². The molecule has 0 radical (unpaired) electrons. The molecule has 2 amide bonds.